The summed E-state index contributed by atoms with van der Waals surface area (Å²) in [5.74, 6) is -1.54. The number of amides is 2. The molecule has 7 nitrogen and oxygen atoms in total. The van der Waals surface area contributed by atoms with Crippen molar-refractivity contribution in [3.63, 3.8) is 0 Å². The minimum Gasteiger partial charge on any atom is -0.377 e. The summed E-state index contributed by atoms with van der Waals surface area (Å²) in [6.45, 7) is 6.91. The lowest BCUT2D eigenvalue weighted by Gasteiger charge is -2.34. The molecule has 0 unspecified atom stereocenters. The van der Waals surface area contributed by atoms with Gasteiger partial charge in [0.2, 0.25) is 0 Å². The molecule has 1 heterocycles. The van der Waals surface area contributed by atoms with Gasteiger partial charge < -0.3 is 4.90 Å². The average molecular weight is 303 g/mol. The Morgan fingerprint density at radius 1 is 1.10 bits per heavy atom. The van der Waals surface area contributed by atoms with Gasteiger partial charge >= 0.3 is 10.2 Å². The molecule has 0 atom stereocenters. The van der Waals surface area contributed by atoms with E-state index in [1.807, 2.05) is 13.8 Å². The van der Waals surface area contributed by atoms with Gasteiger partial charge in [-0.1, -0.05) is 0 Å². The SMILES string of the molecule is CCN1C(=O)C(=CN(C)C(C)C)C(=O)N(CC)S1(=O)=O. The van der Waals surface area contributed by atoms with Gasteiger partial charge in [0.15, 0.2) is 0 Å². The van der Waals surface area contributed by atoms with Gasteiger partial charge in [0.25, 0.3) is 11.8 Å². The Kier molecular flexibility index (Phi) is 4.80. The van der Waals surface area contributed by atoms with Gasteiger partial charge in [0, 0.05) is 32.4 Å². The predicted octanol–water partition coefficient (Wildman–Crippen LogP) is 0.166. The zero-order chi connectivity index (χ0) is 15.7. The van der Waals surface area contributed by atoms with Crippen molar-refractivity contribution >= 4 is 22.0 Å². The van der Waals surface area contributed by atoms with E-state index in [0.717, 1.165) is 8.61 Å². The number of carbonyl (C=O) groups is 2. The van der Waals surface area contributed by atoms with E-state index in [-0.39, 0.29) is 24.7 Å². The zero-order valence-electron chi connectivity index (χ0n) is 12.5. The average Bonchev–Trinajstić information content (AvgIpc) is 2.34. The summed E-state index contributed by atoms with van der Waals surface area (Å²) >= 11 is 0. The molecule has 0 aromatic rings. The second-order valence-electron chi connectivity index (χ2n) is 4.75. The van der Waals surface area contributed by atoms with E-state index in [0.29, 0.717) is 0 Å². The third-order valence-corrected chi connectivity index (χ3v) is 5.15. The van der Waals surface area contributed by atoms with Crippen molar-refractivity contribution in [2.45, 2.75) is 33.7 Å². The lowest BCUT2D eigenvalue weighted by molar-refractivity contribution is -0.131. The molecule has 2 amide bonds. The van der Waals surface area contributed by atoms with E-state index >= 15 is 0 Å². The largest absolute Gasteiger partial charge is 0.377 e. The predicted molar refractivity (Wildman–Crippen MR) is 74.7 cm³/mol. The summed E-state index contributed by atoms with van der Waals surface area (Å²) in [7, 11) is -2.31. The lowest BCUT2D eigenvalue weighted by atomic mass is 10.2. The highest BCUT2D eigenvalue weighted by molar-refractivity contribution is 7.88. The maximum Gasteiger partial charge on any atom is 0.331 e. The highest BCUT2D eigenvalue weighted by Gasteiger charge is 2.45. The molecule has 1 aliphatic rings. The summed E-state index contributed by atoms with van der Waals surface area (Å²) < 4.78 is 25.7. The molecule has 114 valence electrons. The first-order chi connectivity index (χ1) is 9.18. The number of carbonyl (C=O) groups excluding carboxylic acids is 2. The molecular formula is C12H21N3O4S. The number of nitrogens with zero attached hydrogens (tertiary/aromatic N) is 3. The monoisotopic (exact) mass is 303 g/mol. The van der Waals surface area contributed by atoms with Crippen molar-refractivity contribution in [1.29, 1.82) is 0 Å². The van der Waals surface area contributed by atoms with Gasteiger partial charge in [0.05, 0.1) is 0 Å². The fourth-order valence-corrected chi connectivity index (χ4v) is 3.27. The highest BCUT2D eigenvalue weighted by atomic mass is 32.2. The topological polar surface area (TPSA) is 78.0 Å². The van der Waals surface area contributed by atoms with Crippen LogP contribution in [0.25, 0.3) is 0 Å². The Morgan fingerprint density at radius 3 is 1.80 bits per heavy atom. The standard InChI is InChI=1S/C12H21N3O4S/c1-6-14-11(16)10(8-13(5)9(3)4)12(17)15(7-2)20(14,18)19/h8-9H,6-7H2,1-5H3. The van der Waals surface area contributed by atoms with Gasteiger partial charge in [-0.05, 0) is 27.7 Å². The first-order valence-corrected chi connectivity index (χ1v) is 7.90. The van der Waals surface area contributed by atoms with Crippen LogP contribution in [0.15, 0.2) is 11.8 Å². The molecule has 8 heteroatoms. The molecule has 20 heavy (non-hydrogen) atoms. The molecule has 0 radical (unpaired) electrons. The molecule has 0 saturated carbocycles. The zero-order valence-corrected chi connectivity index (χ0v) is 13.3. The lowest BCUT2D eigenvalue weighted by Crippen LogP contribution is -2.56. The van der Waals surface area contributed by atoms with Crippen LogP contribution in [-0.4, -0.2) is 59.9 Å². The Morgan fingerprint density at radius 2 is 1.50 bits per heavy atom. The van der Waals surface area contributed by atoms with E-state index in [9.17, 15) is 18.0 Å². The summed E-state index contributed by atoms with van der Waals surface area (Å²) in [5.41, 5.74) is -0.125. The Hall–Kier alpha value is -1.57. The molecule has 1 rings (SSSR count). The van der Waals surface area contributed by atoms with Crippen molar-refractivity contribution < 1.29 is 18.0 Å². The van der Waals surface area contributed by atoms with Crippen LogP contribution in [0.2, 0.25) is 0 Å². The molecule has 0 N–H and O–H groups in total. The molecule has 0 aliphatic carbocycles. The van der Waals surface area contributed by atoms with Crippen molar-refractivity contribution in [3.8, 4) is 0 Å². The molecule has 1 aliphatic heterocycles. The molecule has 0 bridgehead atoms. The van der Waals surface area contributed by atoms with Crippen LogP contribution in [0.4, 0.5) is 0 Å². The van der Waals surface area contributed by atoms with Gasteiger partial charge in [-0.25, -0.2) is 8.61 Å². The summed E-state index contributed by atoms with van der Waals surface area (Å²) in [5, 5.41) is 0. The molecular weight excluding hydrogens is 282 g/mol. The quantitative estimate of drug-likeness (QED) is 0.546. The van der Waals surface area contributed by atoms with E-state index in [4.69, 9.17) is 0 Å². The van der Waals surface area contributed by atoms with Crippen LogP contribution in [0.3, 0.4) is 0 Å². The fourth-order valence-electron chi connectivity index (χ4n) is 1.77. The second-order valence-corrected chi connectivity index (χ2v) is 6.53. The molecule has 0 aromatic heterocycles. The number of likely N-dealkylation sites (N-methyl/N-ethyl adjacent to an activating group) is 2. The normalized spacial score (nSPS) is 18.8. The molecule has 0 spiro atoms. The van der Waals surface area contributed by atoms with Crippen LogP contribution in [0.1, 0.15) is 27.7 Å². The van der Waals surface area contributed by atoms with E-state index in [1.165, 1.54) is 6.20 Å². The van der Waals surface area contributed by atoms with Crippen molar-refractivity contribution in [3.05, 3.63) is 11.8 Å². The first-order valence-electron chi connectivity index (χ1n) is 6.51. The second kappa shape index (κ2) is 5.82. The van der Waals surface area contributed by atoms with Crippen LogP contribution < -0.4 is 0 Å². The Labute approximate surface area is 120 Å². The van der Waals surface area contributed by atoms with E-state index < -0.39 is 22.0 Å². The maximum atomic E-state index is 12.2. The van der Waals surface area contributed by atoms with Crippen molar-refractivity contribution in [2.24, 2.45) is 0 Å². The van der Waals surface area contributed by atoms with E-state index in [2.05, 4.69) is 0 Å². The number of hydrogen-bond donors (Lipinski definition) is 0. The van der Waals surface area contributed by atoms with Crippen LogP contribution in [0.5, 0.6) is 0 Å². The number of hydrogen-bond acceptors (Lipinski definition) is 5. The van der Waals surface area contributed by atoms with Crippen LogP contribution in [-0.2, 0) is 19.8 Å². The van der Waals surface area contributed by atoms with Crippen LogP contribution >= 0.6 is 0 Å². The van der Waals surface area contributed by atoms with Crippen molar-refractivity contribution in [2.75, 3.05) is 20.1 Å². The first kappa shape index (κ1) is 16.5. The Balaban J connectivity index is 3.35. The third-order valence-electron chi connectivity index (χ3n) is 3.19. The number of rotatable bonds is 4. The smallest absolute Gasteiger partial charge is 0.331 e. The van der Waals surface area contributed by atoms with Crippen LogP contribution in [0, 0.1) is 0 Å². The summed E-state index contributed by atoms with van der Waals surface area (Å²) in [6, 6.07) is 0.0896. The van der Waals surface area contributed by atoms with Gasteiger partial charge in [-0.3, -0.25) is 9.59 Å². The molecule has 1 fully saturated rings. The van der Waals surface area contributed by atoms with Crippen molar-refractivity contribution in [1.82, 2.24) is 13.5 Å². The summed E-state index contributed by atoms with van der Waals surface area (Å²) in [4.78, 5) is 26.1. The summed E-state index contributed by atoms with van der Waals surface area (Å²) in [6.07, 6.45) is 1.41. The third kappa shape index (κ3) is 2.65. The highest BCUT2D eigenvalue weighted by Crippen LogP contribution is 2.22. The minimum atomic E-state index is -4.04. The van der Waals surface area contributed by atoms with Gasteiger partial charge in [-0.15, -0.1) is 0 Å². The fraction of sp³-hybridized carbons (Fsp3) is 0.667. The molecule has 1 saturated heterocycles. The van der Waals surface area contributed by atoms with Gasteiger partial charge in [0.1, 0.15) is 5.57 Å². The molecule has 0 aromatic carbocycles. The van der Waals surface area contributed by atoms with Gasteiger partial charge in [-0.2, -0.15) is 8.42 Å². The minimum absolute atomic E-state index is 0.00627. The Bertz CT molecular complexity index is 507. The van der Waals surface area contributed by atoms with E-state index in [1.54, 1.807) is 25.8 Å². The maximum absolute atomic E-state index is 12.2.